The Bertz CT molecular complexity index is 1750. The van der Waals surface area contributed by atoms with Crippen LogP contribution in [0.15, 0.2) is 107 Å². The normalized spacial score (nSPS) is 11.0. The highest BCUT2D eigenvalue weighted by Crippen LogP contribution is 2.35. The number of nitrogens with zero attached hydrogens (tertiary/aromatic N) is 2. The molecule has 2 N–H and O–H groups in total. The van der Waals surface area contributed by atoms with Crippen molar-refractivity contribution in [3.05, 3.63) is 103 Å². The molecule has 0 saturated heterocycles. The van der Waals surface area contributed by atoms with E-state index >= 15 is 0 Å². The zero-order valence-electron chi connectivity index (χ0n) is 24.8. The quantitative estimate of drug-likeness (QED) is 0.156. The van der Waals surface area contributed by atoms with Gasteiger partial charge in [-0.25, -0.2) is 13.8 Å². The van der Waals surface area contributed by atoms with Gasteiger partial charge in [0.25, 0.3) is 21.8 Å². The topological polar surface area (TPSA) is 145 Å². The van der Waals surface area contributed by atoms with E-state index in [2.05, 4.69) is 15.8 Å². The Balaban J connectivity index is 1.39. The molecule has 0 unspecified atom stereocenters. The van der Waals surface area contributed by atoms with Crippen LogP contribution in [0.1, 0.15) is 5.56 Å². The molecule has 0 aliphatic heterocycles. The molecule has 4 aromatic rings. The van der Waals surface area contributed by atoms with Crippen molar-refractivity contribution in [2.45, 2.75) is 4.90 Å². The van der Waals surface area contributed by atoms with Crippen molar-refractivity contribution in [2.75, 3.05) is 44.1 Å². The number of methoxy groups -OCH3 is 3. The van der Waals surface area contributed by atoms with Gasteiger partial charge in [0.2, 0.25) is 0 Å². The Morgan fingerprint density at radius 1 is 0.778 bits per heavy atom. The van der Waals surface area contributed by atoms with Gasteiger partial charge in [0, 0.05) is 6.07 Å². The summed E-state index contributed by atoms with van der Waals surface area (Å²) in [6.07, 6.45) is 1.39. The minimum Gasteiger partial charge on any atom is -0.497 e. The average molecular weight is 633 g/mol. The van der Waals surface area contributed by atoms with Crippen LogP contribution in [0, 0.1) is 0 Å². The molecule has 0 radical (unpaired) electrons. The lowest BCUT2D eigenvalue weighted by molar-refractivity contribution is -0.119. The Morgan fingerprint density at radius 2 is 1.44 bits per heavy atom. The summed E-state index contributed by atoms with van der Waals surface area (Å²) in [5, 5.41) is 6.70. The maximum atomic E-state index is 13.6. The van der Waals surface area contributed by atoms with Crippen molar-refractivity contribution >= 4 is 39.4 Å². The molecule has 12 nitrogen and oxygen atoms in total. The van der Waals surface area contributed by atoms with E-state index in [9.17, 15) is 18.0 Å². The predicted octanol–water partition coefficient (Wildman–Crippen LogP) is 4.08. The monoisotopic (exact) mass is 632 g/mol. The van der Waals surface area contributed by atoms with E-state index in [1.54, 1.807) is 72.8 Å². The summed E-state index contributed by atoms with van der Waals surface area (Å²) in [7, 11) is 0.218. The van der Waals surface area contributed by atoms with Crippen LogP contribution in [0.2, 0.25) is 0 Å². The minimum atomic E-state index is -4.17. The Hall–Kier alpha value is -5.56. The average Bonchev–Trinajstić information content (AvgIpc) is 3.07. The first-order valence-electron chi connectivity index (χ1n) is 13.5. The largest absolute Gasteiger partial charge is 0.497 e. The molecular weight excluding hydrogens is 600 g/mol. The van der Waals surface area contributed by atoms with Crippen molar-refractivity contribution in [3.8, 4) is 23.0 Å². The zero-order chi connectivity index (χ0) is 32.2. The summed E-state index contributed by atoms with van der Waals surface area (Å²) in [6, 6.07) is 26.0. The van der Waals surface area contributed by atoms with Crippen LogP contribution in [-0.4, -0.2) is 60.9 Å². The number of hydrazone groups is 1. The van der Waals surface area contributed by atoms with Crippen molar-refractivity contribution in [1.29, 1.82) is 0 Å². The summed E-state index contributed by atoms with van der Waals surface area (Å²) >= 11 is 0. The third-order valence-electron chi connectivity index (χ3n) is 6.31. The summed E-state index contributed by atoms with van der Waals surface area (Å²) in [5.41, 5.74) is 3.66. The van der Waals surface area contributed by atoms with E-state index in [1.165, 1.54) is 51.8 Å². The van der Waals surface area contributed by atoms with E-state index in [0.29, 0.717) is 28.5 Å². The molecule has 4 aromatic carbocycles. The van der Waals surface area contributed by atoms with Gasteiger partial charge >= 0.3 is 0 Å². The van der Waals surface area contributed by atoms with E-state index in [-0.39, 0.29) is 28.8 Å². The van der Waals surface area contributed by atoms with Gasteiger partial charge in [0.1, 0.15) is 29.5 Å². The third kappa shape index (κ3) is 8.51. The number of ether oxygens (including phenoxy) is 4. The molecule has 2 amide bonds. The van der Waals surface area contributed by atoms with Gasteiger partial charge < -0.3 is 24.3 Å². The highest BCUT2D eigenvalue weighted by Gasteiger charge is 2.29. The Morgan fingerprint density at radius 3 is 2.13 bits per heavy atom. The number of hydrogen-bond acceptors (Lipinski definition) is 9. The molecular formula is C32H32N4O8S. The SMILES string of the molecule is COc1ccc(N(CC(=O)N/N=C\c2ccc(OCC(=O)Nc3ccccc3OC)cc2)S(=O)(=O)c2ccccc2)c(OC)c1. The molecule has 0 saturated carbocycles. The molecule has 0 heterocycles. The number of carbonyl (C=O) groups is 2. The second-order valence-electron chi connectivity index (χ2n) is 9.26. The van der Waals surface area contributed by atoms with Crippen LogP contribution in [-0.2, 0) is 19.6 Å². The summed E-state index contributed by atoms with van der Waals surface area (Å²) in [6.45, 7) is -0.802. The first kappa shape index (κ1) is 32.4. The lowest BCUT2D eigenvalue weighted by Crippen LogP contribution is -2.39. The molecule has 0 spiro atoms. The summed E-state index contributed by atoms with van der Waals surface area (Å²) < 4.78 is 49.6. The number of hydrogen-bond donors (Lipinski definition) is 2. The van der Waals surface area contributed by atoms with E-state index in [4.69, 9.17) is 18.9 Å². The fraction of sp³-hybridized carbons (Fsp3) is 0.156. The third-order valence-corrected chi connectivity index (χ3v) is 8.08. The standard InChI is InChI=1S/C32H32N4O8S/c1-41-25-17-18-28(30(19-25)43-3)36(45(39,40)26-9-5-4-6-10-26)21-31(37)35-33-20-23-13-15-24(16-14-23)44-22-32(38)34-27-11-7-8-12-29(27)42-2/h4-20H,21-22H2,1-3H3,(H,34,38)(H,35,37)/b33-20-. The van der Waals surface area contributed by atoms with Crippen LogP contribution in [0.5, 0.6) is 23.0 Å². The minimum absolute atomic E-state index is 0.00115. The van der Waals surface area contributed by atoms with Gasteiger partial charge in [-0.2, -0.15) is 5.10 Å². The molecule has 4 rings (SSSR count). The molecule has 45 heavy (non-hydrogen) atoms. The van der Waals surface area contributed by atoms with Crippen LogP contribution in [0.25, 0.3) is 0 Å². The number of benzene rings is 4. The highest BCUT2D eigenvalue weighted by atomic mass is 32.2. The molecule has 0 aliphatic rings. The van der Waals surface area contributed by atoms with Gasteiger partial charge in [-0.3, -0.25) is 13.9 Å². The van der Waals surface area contributed by atoms with Gasteiger partial charge in [-0.15, -0.1) is 0 Å². The number of amides is 2. The van der Waals surface area contributed by atoms with Gasteiger partial charge in [0.15, 0.2) is 6.61 Å². The highest BCUT2D eigenvalue weighted by molar-refractivity contribution is 7.92. The first-order valence-corrected chi connectivity index (χ1v) is 15.0. The Labute approximate surface area is 261 Å². The fourth-order valence-corrected chi connectivity index (χ4v) is 5.54. The molecule has 0 aliphatic carbocycles. The number of sulfonamides is 1. The van der Waals surface area contributed by atoms with Crippen molar-refractivity contribution in [3.63, 3.8) is 0 Å². The first-order chi connectivity index (χ1) is 21.7. The van der Waals surface area contributed by atoms with Crippen LogP contribution < -0.4 is 34.0 Å². The Kier molecular flexibility index (Phi) is 11.0. The smallest absolute Gasteiger partial charge is 0.264 e. The summed E-state index contributed by atoms with van der Waals surface area (Å²) in [5.74, 6) is 0.584. The van der Waals surface area contributed by atoms with Gasteiger partial charge in [-0.05, 0) is 66.2 Å². The van der Waals surface area contributed by atoms with Crippen LogP contribution in [0.4, 0.5) is 11.4 Å². The second kappa shape index (κ2) is 15.3. The predicted molar refractivity (Wildman–Crippen MR) is 170 cm³/mol. The maximum Gasteiger partial charge on any atom is 0.264 e. The number of anilines is 2. The molecule has 0 bridgehead atoms. The van der Waals surface area contributed by atoms with Gasteiger partial charge in [0.05, 0.1) is 43.8 Å². The van der Waals surface area contributed by atoms with Crippen molar-refractivity contribution < 1.29 is 37.0 Å². The lowest BCUT2D eigenvalue weighted by atomic mass is 10.2. The fourth-order valence-electron chi connectivity index (χ4n) is 4.09. The maximum absolute atomic E-state index is 13.6. The van der Waals surface area contributed by atoms with Crippen LogP contribution >= 0.6 is 0 Å². The van der Waals surface area contributed by atoms with Crippen molar-refractivity contribution in [1.82, 2.24) is 5.43 Å². The number of para-hydroxylation sites is 2. The van der Waals surface area contributed by atoms with Crippen molar-refractivity contribution in [2.24, 2.45) is 5.10 Å². The second-order valence-corrected chi connectivity index (χ2v) is 11.1. The molecule has 0 fully saturated rings. The van der Waals surface area contributed by atoms with E-state index in [0.717, 1.165) is 4.31 Å². The molecule has 0 atom stereocenters. The molecule has 234 valence electrons. The summed E-state index contributed by atoms with van der Waals surface area (Å²) in [4.78, 5) is 25.2. The number of carbonyl (C=O) groups excluding carboxylic acids is 2. The molecule has 13 heteroatoms. The van der Waals surface area contributed by atoms with Crippen LogP contribution in [0.3, 0.4) is 0 Å². The number of nitrogens with one attached hydrogen (secondary N) is 2. The number of rotatable bonds is 14. The molecule has 0 aromatic heterocycles. The van der Waals surface area contributed by atoms with E-state index < -0.39 is 22.5 Å². The zero-order valence-corrected chi connectivity index (χ0v) is 25.6. The van der Waals surface area contributed by atoms with Gasteiger partial charge in [-0.1, -0.05) is 30.3 Å². The van der Waals surface area contributed by atoms with E-state index in [1.807, 2.05) is 0 Å². The lowest BCUT2D eigenvalue weighted by Gasteiger charge is -2.25.